The van der Waals surface area contributed by atoms with Gasteiger partial charge in [0.1, 0.15) is 6.04 Å². The maximum absolute atomic E-state index is 13.4. The molecule has 0 aliphatic heterocycles. The van der Waals surface area contributed by atoms with Gasteiger partial charge < -0.3 is 15.0 Å². The Morgan fingerprint density at radius 3 is 2.58 bits per heavy atom. The van der Waals surface area contributed by atoms with E-state index in [9.17, 15) is 22.8 Å². The Morgan fingerprint density at radius 2 is 1.90 bits per heavy atom. The van der Waals surface area contributed by atoms with Gasteiger partial charge in [-0.25, -0.2) is 4.79 Å². The number of fused-ring (bicyclic) bond motifs is 1. The fourth-order valence-electron chi connectivity index (χ4n) is 5.09. The lowest BCUT2D eigenvalue weighted by atomic mass is 9.57. The number of para-hydroxylation sites is 1. The van der Waals surface area contributed by atoms with Gasteiger partial charge in [-0.2, -0.15) is 13.2 Å². The molecule has 5 nitrogen and oxygen atoms in total. The molecule has 1 spiro atoms. The van der Waals surface area contributed by atoms with Gasteiger partial charge in [-0.3, -0.25) is 4.79 Å². The quantitative estimate of drug-likeness (QED) is 0.653. The van der Waals surface area contributed by atoms with Gasteiger partial charge in [0.15, 0.2) is 0 Å². The minimum absolute atomic E-state index is 0.187. The molecular weight excluding hydrogens is 409 g/mol. The maximum Gasteiger partial charge on any atom is 0.454 e. The molecule has 1 unspecified atom stereocenters. The predicted molar refractivity (Wildman–Crippen MR) is 109 cm³/mol. The molecule has 0 saturated heterocycles. The molecule has 1 aromatic heterocycles. The molecule has 4 rings (SSSR count). The van der Waals surface area contributed by atoms with E-state index < -0.39 is 29.4 Å². The largest absolute Gasteiger partial charge is 0.467 e. The highest BCUT2D eigenvalue weighted by Gasteiger charge is 2.55. The molecule has 0 radical (unpaired) electrons. The van der Waals surface area contributed by atoms with E-state index in [1.54, 1.807) is 6.20 Å². The first-order valence-electron chi connectivity index (χ1n) is 10.5. The number of ether oxygens (including phenoxy) is 1. The third kappa shape index (κ3) is 3.95. The van der Waals surface area contributed by atoms with E-state index >= 15 is 0 Å². The van der Waals surface area contributed by atoms with Crippen molar-refractivity contribution in [2.45, 2.75) is 57.2 Å². The Morgan fingerprint density at radius 1 is 1.19 bits per heavy atom. The van der Waals surface area contributed by atoms with Gasteiger partial charge in [0.2, 0.25) is 0 Å². The smallest absolute Gasteiger partial charge is 0.454 e. The number of hydrogen-bond donors (Lipinski definition) is 2. The molecule has 2 N–H and O–H groups in total. The fourth-order valence-corrected chi connectivity index (χ4v) is 5.09. The van der Waals surface area contributed by atoms with E-state index in [2.05, 4.69) is 10.3 Å². The number of benzene rings is 1. The van der Waals surface area contributed by atoms with Gasteiger partial charge in [-0.05, 0) is 30.9 Å². The zero-order chi connectivity index (χ0) is 22.2. The molecule has 2 aliphatic rings. The number of rotatable bonds is 6. The number of aromatic amines is 1. The number of H-pyrrole nitrogens is 1. The second kappa shape index (κ2) is 8.05. The molecule has 0 bridgehead atoms. The monoisotopic (exact) mass is 434 g/mol. The highest BCUT2D eigenvalue weighted by Crippen LogP contribution is 2.56. The number of nitrogens with one attached hydrogen (secondary N) is 2. The summed E-state index contributed by atoms with van der Waals surface area (Å²) in [4.78, 5) is 27.9. The lowest BCUT2D eigenvalue weighted by Gasteiger charge is -2.48. The Labute approximate surface area is 178 Å². The van der Waals surface area contributed by atoms with Crippen molar-refractivity contribution in [3.63, 3.8) is 0 Å². The van der Waals surface area contributed by atoms with Crippen LogP contribution in [0.15, 0.2) is 41.7 Å². The van der Waals surface area contributed by atoms with Crippen LogP contribution in [0.25, 0.3) is 10.9 Å². The number of methoxy groups -OCH3 is 1. The van der Waals surface area contributed by atoms with Crippen molar-refractivity contribution in [1.29, 1.82) is 0 Å². The van der Waals surface area contributed by atoms with E-state index in [0.717, 1.165) is 35.7 Å². The molecule has 1 fully saturated rings. The van der Waals surface area contributed by atoms with Crippen LogP contribution < -0.4 is 5.32 Å². The van der Waals surface area contributed by atoms with E-state index in [0.29, 0.717) is 19.3 Å². The summed E-state index contributed by atoms with van der Waals surface area (Å²) in [6, 6.07) is 6.68. The minimum Gasteiger partial charge on any atom is -0.467 e. The van der Waals surface area contributed by atoms with Gasteiger partial charge in [0, 0.05) is 40.2 Å². The third-order valence-electron chi connectivity index (χ3n) is 6.58. The molecule has 2 aliphatic carbocycles. The van der Waals surface area contributed by atoms with Crippen LogP contribution in [-0.4, -0.2) is 36.1 Å². The summed E-state index contributed by atoms with van der Waals surface area (Å²) in [5.41, 5.74) is 1.05. The Bertz CT molecular complexity index is 1030. The second-order valence-corrected chi connectivity index (χ2v) is 8.48. The molecule has 8 heteroatoms. The van der Waals surface area contributed by atoms with Crippen LogP contribution in [0.2, 0.25) is 0 Å². The van der Waals surface area contributed by atoms with E-state index in [1.807, 2.05) is 24.3 Å². The summed E-state index contributed by atoms with van der Waals surface area (Å²) < 4.78 is 45.0. The molecule has 2 aromatic rings. The van der Waals surface area contributed by atoms with Crippen molar-refractivity contribution in [2.75, 3.05) is 7.11 Å². The van der Waals surface area contributed by atoms with Gasteiger partial charge in [-0.1, -0.05) is 37.5 Å². The molecule has 166 valence electrons. The van der Waals surface area contributed by atoms with Gasteiger partial charge in [-0.15, -0.1) is 0 Å². The number of hydrogen-bond acceptors (Lipinski definition) is 4. The summed E-state index contributed by atoms with van der Waals surface area (Å²) in [6.07, 6.45) is 1.12. The molecule has 1 heterocycles. The van der Waals surface area contributed by atoms with Crippen LogP contribution in [0.5, 0.6) is 0 Å². The zero-order valence-electron chi connectivity index (χ0n) is 17.3. The fraction of sp³-hybridized carbons (Fsp3) is 0.478. The van der Waals surface area contributed by atoms with Crippen molar-refractivity contribution in [3.05, 3.63) is 47.3 Å². The van der Waals surface area contributed by atoms with E-state index in [1.165, 1.54) is 7.11 Å². The first kappa shape index (κ1) is 21.5. The SMILES string of the molecule is COC(=O)C(Cc1c[nH]c2ccccc12)NC1=C(C(=O)C(F)(F)F)C2(CCCCC2)C1. The molecular formula is C23H25F3N2O3. The minimum atomic E-state index is -4.94. The van der Waals surface area contributed by atoms with E-state index in [4.69, 9.17) is 4.74 Å². The topological polar surface area (TPSA) is 71.2 Å². The van der Waals surface area contributed by atoms with Crippen LogP contribution in [-0.2, 0) is 20.7 Å². The summed E-state index contributed by atoms with van der Waals surface area (Å²) in [7, 11) is 1.24. The molecule has 0 amide bonds. The molecule has 1 aromatic carbocycles. The maximum atomic E-state index is 13.4. The third-order valence-corrected chi connectivity index (χ3v) is 6.58. The van der Waals surface area contributed by atoms with Crippen LogP contribution in [0.1, 0.15) is 44.1 Å². The second-order valence-electron chi connectivity index (χ2n) is 8.48. The first-order chi connectivity index (χ1) is 14.7. The molecule has 1 atom stereocenters. The highest BCUT2D eigenvalue weighted by molar-refractivity contribution is 6.03. The normalized spacial score (nSPS) is 19.2. The van der Waals surface area contributed by atoms with Gasteiger partial charge in [0.25, 0.3) is 5.78 Å². The van der Waals surface area contributed by atoms with Crippen molar-refractivity contribution >= 4 is 22.7 Å². The average molecular weight is 434 g/mol. The van der Waals surface area contributed by atoms with Gasteiger partial charge >= 0.3 is 12.1 Å². The number of carbonyl (C=O) groups is 2. The zero-order valence-corrected chi connectivity index (χ0v) is 17.3. The Kier molecular flexibility index (Phi) is 5.58. The highest BCUT2D eigenvalue weighted by atomic mass is 19.4. The van der Waals surface area contributed by atoms with Gasteiger partial charge in [0.05, 0.1) is 7.11 Å². The number of aromatic nitrogens is 1. The number of Topliss-reactive ketones (excluding diaryl/α,β-unsaturated/α-hetero) is 1. The average Bonchev–Trinajstić information content (AvgIpc) is 3.15. The van der Waals surface area contributed by atoms with E-state index in [-0.39, 0.29) is 17.7 Å². The Hall–Kier alpha value is -2.77. The lowest BCUT2D eigenvalue weighted by Crippen LogP contribution is -2.50. The standard InChI is InChI=1S/C23H25F3N2O3/c1-31-21(30)17(11-14-13-27-16-8-4-3-7-15(14)16)28-18-12-22(9-5-2-6-10-22)19(18)20(29)23(24,25)26/h3-4,7-8,13,17,27-28H,2,5-6,9-12H2,1H3. The van der Waals surface area contributed by atoms with Crippen molar-refractivity contribution in [3.8, 4) is 0 Å². The predicted octanol–water partition coefficient (Wildman–Crippen LogP) is 4.58. The van der Waals surface area contributed by atoms with Crippen molar-refractivity contribution in [2.24, 2.45) is 5.41 Å². The van der Waals surface area contributed by atoms with Crippen LogP contribution in [0.4, 0.5) is 13.2 Å². The number of ketones is 1. The molecule has 1 saturated carbocycles. The lowest BCUT2D eigenvalue weighted by molar-refractivity contribution is -0.169. The number of carbonyl (C=O) groups excluding carboxylic acids is 2. The summed E-state index contributed by atoms with van der Waals surface area (Å²) in [6.45, 7) is 0. The van der Waals surface area contributed by atoms with Crippen LogP contribution in [0, 0.1) is 5.41 Å². The van der Waals surface area contributed by atoms with Crippen LogP contribution >= 0.6 is 0 Å². The number of alkyl halides is 3. The summed E-state index contributed by atoms with van der Waals surface area (Å²) in [5.74, 6) is -2.37. The van der Waals surface area contributed by atoms with Crippen molar-refractivity contribution in [1.82, 2.24) is 10.3 Å². The number of esters is 1. The van der Waals surface area contributed by atoms with Crippen LogP contribution in [0.3, 0.4) is 0 Å². The summed E-state index contributed by atoms with van der Waals surface area (Å²) >= 11 is 0. The Balaban J connectivity index is 1.65. The molecule has 31 heavy (non-hydrogen) atoms. The number of allylic oxidation sites excluding steroid dienone is 2. The van der Waals surface area contributed by atoms with Crippen molar-refractivity contribution < 1.29 is 27.5 Å². The summed E-state index contributed by atoms with van der Waals surface area (Å²) in [5, 5.41) is 3.88. The number of halogens is 3. The first-order valence-corrected chi connectivity index (χ1v) is 10.5.